The summed E-state index contributed by atoms with van der Waals surface area (Å²) in [4.78, 5) is 17.1. The van der Waals surface area contributed by atoms with Gasteiger partial charge in [0.1, 0.15) is 5.54 Å². The summed E-state index contributed by atoms with van der Waals surface area (Å²) in [5.41, 5.74) is -0.504. The maximum atomic E-state index is 12.5. The van der Waals surface area contributed by atoms with Crippen LogP contribution in [0.2, 0.25) is 0 Å². The molecular weight excluding hydrogens is 266 g/mol. The molecule has 5 nitrogen and oxygen atoms in total. The predicted octanol–water partition coefficient (Wildman–Crippen LogP) is 1.33. The maximum absolute atomic E-state index is 12.5. The van der Waals surface area contributed by atoms with Gasteiger partial charge in [0.25, 0.3) is 0 Å². The summed E-state index contributed by atoms with van der Waals surface area (Å²) in [7, 11) is 4.10. The first kappa shape index (κ1) is 18.4. The van der Waals surface area contributed by atoms with E-state index in [1.807, 2.05) is 21.0 Å². The van der Waals surface area contributed by atoms with Crippen LogP contribution in [0.4, 0.5) is 0 Å². The van der Waals surface area contributed by atoms with Crippen LogP contribution >= 0.6 is 0 Å². The molecule has 0 radical (unpaired) electrons. The zero-order valence-electron chi connectivity index (χ0n) is 14.4. The van der Waals surface area contributed by atoms with Crippen LogP contribution in [0.1, 0.15) is 40.0 Å². The summed E-state index contributed by atoms with van der Waals surface area (Å²) in [6.07, 6.45) is 2.73. The van der Waals surface area contributed by atoms with E-state index in [0.717, 1.165) is 45.4 Å². The summed E-state index contributed by atoms with van der Waals surface area (Å²) in [5.74, 6) is -0.0747. The van der Waals surface area contributed by atoms with E-state index in [9.17, 15) is 4.79 Å². The standard InChI is InChI=1S/C16H33N3O2/c1-6-21-15(20)16(17-10-13-18(4)5)8-7-11-19(12-9-16)14(2)3/h14,17H,6-13H2,1-5H3. The number of carbonyl (C=O) groups is 1. The van der Waals surface area contributed by atoms with E-state index in [1.54, 1.807) is 0 Å². The molecule has 0 aromatic rings. The van der Waals surface area contributed by atoms with Gasteiger partial charge in [-0.3, -0.25) is 4.79 Å². The Morgan fingerprint density at radius 2 is 2.05 bits per heavy atom. The molecule has 1 rings (SSSR count). The van der Waals surface area contributed by atoms with Gasteiger partial charge in [-0.05, 0) is 60.7 Å². The zero-order valence-corrected chi connectivity index (χ0v) is 14.4. The third-order valence-electron chi connectivity index (χ3n) is 4.29. The second kappa shape index (κ2) is 8.71. The first-order valence-corrected chi connectivity index (χ1v) is 8.22. The van der Waals surface area contributed by atoms with Crippen LogP contribution in [0.25, 0.3) is 0 Å². The first-order chi connectivity index (χ1) is 9.91. The molecule has 0 saturated carbocycles. The molecule has 1 aliphatic rings. The summed E-state index contributed by atoms with van der Waals surface area (Å²) < 4.78 is 5.36. The molecular formula is C16H33N3O2. The van der Waals surface area contributed by atoms with E-state index in [1.165, 1.54) is 0 Å². The van der Waals surface area contributed by atoms with Gasteiger partial charge in [0.2, 0.25) is 0 Å². The second-order valence-corrected chi connectivity index (χ2v) is 6.52. The van der Waals surface area contributed by atoms with Crippen molar-refractivity contribution in [1.82, 2.24) is 15.1 Å². The van der Waals surface area contributed by atoms with Gasteiger partial charge >= 0.3 is 5.97 Å². The van der Waals surface area contributed by atoms with Crippen LogP contribution in [0, 0.1) is 0 Å². The second-order valence-electron chi connectivity index (χ2n) is 6.52. The molecule has 1 N–H and O–H groups in total. The van der Waals surface area contributed by atoms with Crippen LogP contribution < -0.4 is 5.32 Å². The molecule has 0 aromatic carbocycles. The lowest BCUT2D eigenvalue weighted by atomic mass is 9.90. The molecule has 21 heavy (non-hydrogen) atoms. The van der Waals surface area contributed by atoms with Crippen LogP contribution in [0.3, 0.4) is 0 Å². The number of likely N-dealkylation sites (N-methyl/N-ethyl adjacent to an activating group) is 1. The molecule has 1 aliphatic heterocycles. The highest BCUT2D eigenvalue weighted by Crippen LogP contribution is 2.25. The van der Waals surface area contributed by atoms with E-state index in [4.69, 9.17) is 4.74 Å². The van der Waals surface area contributed by atoms with Crippen molar-refractivity contribution in [3.8, 4) is 0 Å². The van der Waals surface area contributed by atoms with Gasteiger partial charge in [-0.2, -0.15) is 0 Å². The summed E-state index contributed by atoms with van der Waals surface area (Å²) in [6.45, 7) is 10.5. The number of rotatable bonds is 7. The smallest absolute Gasteiger partial charge is 0.326 e. The monoisotopic (exact) mass is 299 g/mol. The number of ether oxygens (including phenoxy) is 1. The maximum Gasteiger partial charge on any atom is 0.326 e. The van der Waals surface area contributed by atoms with E-state index in [-0.39, 0.29) is 5.97 Å². The van der Waals surface area contributed by atoms with E-state index >= 15 is 0 Å². The Kier molecular flexibility index (Phi) is 7.63. The quantitative estimate of drug-likeness (QED) is 0.719. The van der Waals surface area contributed by atoms with E-state index < -0.39 is 5.54 Å². The van der Waals surface area contributed by atoms with Gasteiger partial charge < -0.3 is 19.9 Å². The lowest BCUT2D eigenvalue weighted by molar-refractivity contribution is -0.152. The van der Waals surface area contributed by atoms with Crippen molar-refractivity contribution in [2.45, 2.75) is 51.6 Å². The molecule has 1 heterocycles. The van der Waals surface area contributed by atoms with E-state index in [2.05, 4.69) is 29.0 Å². The minimum Gasteiger partial charge on any atom is -0.465 e. The average Bonchev–Trinajstić information content (AvgIpc) is 2.62. The average molecular weight is 299 g/mol. The number of nitrogens with zero attached hydrogens (tertiary/aromatic N) is 2. The number of esters is 1. The van der Waals surface area contributed by atoms with Crippen molar-refractivity contribution >= 4 is 5.97 Å². The lowest BCUT2D eigenvalue weighted by Crippen LogP contribution is -2.55. The topological polar surface area (TPSA) is 44.8 Å². The predicted molar refractivity (Wildman–Crippen MR) is 86.5 cm³/mol. The number of hydrogen-bond acceptors (Lipinski definition) is 5. The van der Waals surface area contributed by atoms with Crippen molar-refractivity contribution in [1.29, 1.82) is 0 Å². The van der Waals surface area contributed by atoms with E-state index in [0.29, 0.717) is 12.6 Å². The van der Waals surface area contributed by atoms with Crippen LogP contribution in [-0.2, 0) is 9.53 Å². The van der Waals surface area contributed by atoms with Crippen LogP contribution in [-0.4, -0.2) is 74.2 Å². The Labute approximate surface area is 130 Å². The minimum atomic E-state index is -0.504. The molecule has 0 aliphatic carbocycles. The number of likely N-dealkylation sites (tertiary alicyclic amines) is 1. The zero-order chi connectivity index (χ0) is 15.9. The molecule has 0 spiro atoms. The minimum absolute atomic E-state index is 0.0747. The van der Waals surface area contributed by atoms with Crippen molar-refractivity contribution in [2.75, 3.05) is 46.9 Å². The van der Waals surface area contributed by atoms with Crippen molar-refractivity contribution in [3.05, 3.63) is 0 Å². The lowest BCUT2D eigenvalue weighted by Gasteiger charge is -2.32. The molecule has 1 atom stereocenters. The Bertz CT molecular complexity index is 321. The fraction of sp³-hybridized carbons (Fsp3) is 0.938. The third kappa shape index (κ3) is 5.57. The molecule has 1 saturated heterocycles. The Balaban J connectivity index is 2.74. The molecule has 5 heteroatoms. The SMILES string of the molecule is CCOC(=O)C1(NCCN(C)C)CCCN(C(C)C)CC1. The fourth-order valence-corrected chi connectivity index (χ4v) is 2.91. The molecule has 1 unspecified atom stereocenters. The number of carbonyl (C=O) groups excluding carboxylic acids is 1. The van der Waals surface area contributed by atoms with Crippen LogP contribution in [0.15, 0.2) is 0 Å². The first-order valence-electron chi connectivity index (χ1n) is 8.22. The normalized spacial score (nSPS) is 24.3. The van der Waals surface area contributed by atoms with Gasteiger partial charge in [0, 0.05) is 25.7 Å². The van der Waals surface area contributed by atoms with Gasteiger partial charge in [-0.15, -0.1) is 0 Å². The molecule has 0 aromatic heterocycles. The van der Waals surface area contributed by atoms with Gasteiger partial charge in [-0.25, -0.2) is 0 Å². The van der Waals surface area contributed by atoms with Crippen molar-refractivity contribution in [3.63, 3.8) is 0 Å². The Morgan fingerprint density at radius 1 is 1.33 bits per heavy atom. The highest BCUT2D eigenvalue weighted by Gasteiger charge is 2.40. The van der Waals surface area contributed by atoms with Gasteiger partial charge in [-0.1, -0.05) is 0 Å². The molecule has 0 bridgehead atoms. The highest BCUT2D eigenvalue weighted by atomic mass is 16.5. The largest absolute Gasteiger partial charge is 0.465 e. The van der Waals surface area contributed by atoms with Crippen LogP contribution in [0.5, 0.6) is 0 Å². The fourth-order valence-electron chi connectivity index (χ4n) is 2.91. The van der Waals surface area contributed by atoms with Gasteiger partial charge in [0.05, 0.1) is 6.61 Å². The molecule has 124 valence electrons. The Morgan fingerprint density at radius 3 is 2.62 bits per heavy atom. The molecule has 1 fully saturated rings. The summed E-state index contributed by atoms with van der Waals surface area (Å²) >= 11 is 0. The summed E-state index contributed by atoms with van der Waals surface area (Å²) in [5, 5.41) is 3.51. The highest BCUT2D eigenvalue weighted by molar-refractivity contribution is 5.81. The Hall–Kier alpha value is -0.650. The summed E-state index contributed by atoms with van der Waals surface area (Å²) in [6, 6.07) is 0.532. The van der Waals surface area contributed by atoms with Gasteiger partial charge in [0.15, 0.2) is 0 Å². The number of hydrogen-bond donors (Lipinski definition) is 1. The number of nitrogens with one attached hydrogen (secondary N) is 1. The van der Waals surface area contributed by atoms with Crippen molar-refractivity contribution < 1.29 is 9.53 Å². The van der Waals surface area contributed by atoms with Crippen molar-refractivity contribution in [2.24, 2.45) is 0 Å². The molecule has 0 amide bonds. The third-order valence-corrected chi connectivity index (χ3v) is 4.29.